The molecule has 0 radical (unpaired) electrons. The summed E-state index contributed by atoms with van der Waals surface area (Å²) in [5.41, 5.74) is 4.26. The molecule has 1 heterocycles. The summed E-state index contributed by atoms with van der Waals surface area (Å²) in [4.78, 5) is 7.07. The smallest absolute Gasteiger partial charge is 0.215 e. The summed E-state index contributed by atoms with van der Waals surface area (Å²) >= 11 is 0. The fourth-order valence-corrected chi connectivity index (χ4v) is 1.40. The molecule has 0 saturated heterocycles. The number of nitrogens with two attached hydrogens (primary N) is 1. The molecular weight excluding hydrogens is 192 g/mol. The molecule has 78 valence electrons. The zero-order chi connectivity index (χ0) is 10.7. The molecule has 15 heavy (non-hydrogen) atoms. The number of hydrogen-bond acceptors (Lipinski definition) is 4. The van der Waals surface area contributed by atoms with Crippen molar-refractivity contribution in [1.29, 1.82) is 0 Å². The first-order chi connectivity index (χ1) is 7.35. The van der Waals surface area contributed by atoms with Gasteiger partial charge in [0.1, 0.15) is 5.75 Å². The van der Waals surface area contributed by atoms with Gasteiger partial charge in [-0.05, 0) is 12.1 Å². The van der Waals surface area contributed by atoms with Crippen LogP contribution in [0.4, 0.5) is 5.95 Å². The first kappa shape index (κ1) is 9.54. The van der Waals surface area contributed by atoms with Crippen molar-refractivity contribution in [2.24, 2.45) is 5.84 Å². The van der Waals surface area contributed by atoms with Gasteiger partial charge in [-0.3, -0.25) is 5.43 Å². The van der Waals surface area contributed by atoms with Crippen molar-refractivity contribution in [2.45, 2.75) is 0 Å². The number of ether oxygens (including phenoxy) is 1. The van der Waals surface area contributed by atoms with Crippen molar-refractivity contribution in [3.05, 3.63) is 30.5 Å². The maximum Gasteiger partial charge on any atom is 0.215 e. The van der Waals surface area contributed by atoms with E-state index in [-0.39, 0.29) is 0 Å². The van der Waals surface area contributed by atoms with E-state index in [9.17, 15) is 0 Å². The zero-order valence-corrected chi connectivity index (χ0v) is 8.32. The lowest BCUT2D eigenvalue weighted by Gasteiger charge is -2.05. The standard InChI is InChI=1S/C10H12N4O/c1-15-9-5-3-2-4-7(9)8-6-12-10(13-8)14-11/h2-6H,11H2,1H3,(H2,12,13,14). The molecule has 0 aliphatic rings. The number of methoxy groups -OCH3 is 1. The number of anilines is 1. The fourth-order valence-electron chi connectivity index (χ4n) is 1.40. The van der Waals surface area contributed by atoms with Crippen molar-refractivity contribution in [3.8, 4) is 17.0 Å². The van der Waals surface area contributed by atoms with Crippen molar-refractivity contribution in [2.75, 3.05) is 12.5 Å². The van der Waals surface area contributed by atoms with E-state index >= 15 is 0 Å². The Morgan fingerprint density at radius 3 is 2.87 bits per heavy atom. The number of aromatic nitrogens is 2. The lowest BCUT2D eigenvalue weighted by Crippen LogP contribution is -2.07. The van der Waals surface area contributed by atoms with Crippen LogP contribution in [0.1, 0.15) is 0 Å². The second-order valence-corrected chi connectivity index (χ2v) is 2.99. The van der Waals surface area contributed by atoms with Gasteiger partial charge < -0.3 is 9.72 Å². The molecule has 2 aromatic rings. The van der Waals surface area contributed by atoms with Crippen LogP contribution in [0.5, 0.6) is 5.75 Å². The average Bonchev–Trinajstić information content (AvgIpc) is 2.77. The number of H-pyrrole nitrogens is 1. The van der Waals surface area contributed by atoms with Crippen LogP contribution < -0.4 is 16.0 Å². The summed E-state index contributed by atoms with van der Waals surface area (Å²) in [7, 11) is 1.64. The van der Waals surface area contributed by atoms with Crippen molar-refractivity contribution >= 4 is 5.95 Å². The van der Waals surface area contributed by atoms with Gasteiger partial charge in [-0.25, -0.2) is 10.8 Å². The van der Waals surface area contributed by atoms with Gasteiger partial charge in [-0.1, -0.05) is 12.1 Å². The van der Waals surface area contributed by atoms with Crippen molar-refractivity contribution in [3.63, 3.8) is 0 Å². The van der Waals surface area contributed by atoms with Gasteiger partial charge >= 0.3 is 0 Å². The molecule has 1 aromatic heterocycles. The molecule has 0 spiro atoms. The number of nitrogens with one attached hydrogen (secondary N) is 2. The Kier molecular flexibility index (Phi) is 2.55. The van der Waals surface area contributed by atoms with E-state index in [0.29, 0.717) is 5.95 Å². The summed E-state index contributed by atoms with van der Waals surface area (Å²) in [5, 5.41) is 0. The van der Waals surface area contributed by atoms with Crippen LogP contribution in [0.2, 0.25) is 0 Å². The highest BCUT2D eigenvalue weighted by Crippen LogP contribution is 2.28. The zero-order valence-electron chi connectivity index (χ0n) is 8.32. The number of nitrogen functional groups attached to an aromatic ring is 1. The molecule has 0 saturated carbocycles. The summed E-state index contributed by atoms with van der Waals surface area (Å²) in [6.45, 7) is 0. The molecule has 0 unspecified atom stereocenters. The number of rotatable bonds is 3. The second-order valence-electron chi connectivity index (χ2n) is 2.99. The monoisotopic (exact) mass is 204 g/mol. The fraction of sp³-hybridized carbons (Fsp3) is 0.100. The molecule has 0 atom stereocenters. The highest BCUT2D eigenvalue weighted by molar-refractivity contribution is 5.67. The Hall–Kier alpha value is -2.01. The number of hydrazine groups is 1. The van der Waals surface area contributed by atoms with Gasteiger partial charge in [-0.15, -0.1) is 0 Å². The summed E-state index contributed by atoms with van der Waals surface area (Å²) < 4.78 is 5.24. The minimum absolute atomic E-state index is 0.524. The number of nitrogens with zero attached hydrogens (tertiary/aromatic N) is 1. The van der Waals surface area contributed by atoms with Crippen LogP contribution in [-0.4, -0.2) is 17.1 Å². The lowest BCUT2D eigenvalue weighted by molar-refractivity contribution is 0.416. The minimum Gasteiger partial charge on any atom is -0.496 e. The Balaban J connectivity index is 2.44. The SMILES string of the molecule is COc1ccccc1-c1cnc(NN)[nH]1. The Bertz CT molecular complexity index is 452. The van der Waals surface area contributed by atoms with Crippen LogP contribution in [0.15, 0.2) is 30.5 Å². The topological polar surface area (TPSA) is 76.0 Å². The molecule has 2 rings (SSSR count). The Morgan fingerprint density at radius 1 is 1.40 bits per heavy atom. The predicted molar refractivity (Wildman–Crippen MR) is 58.4 cm³/mol. The number of benzene rings is 1. The van der Waals surface area contributed by atoms with Gasteiger partial charge in [0.2, 0.25) is 5.95 Å². The highest BCUT2D eigenvalue weighted by atomic mass is 16.5. The summed E-state index contributed by atoms with van der Waals surface area (Å²) in [5.74, 6) is 6.56. The number of imidazole rings is 1. The Morgan fingerprint density at radius 2 is 2.20 bits per heavy atom. The quantitative estimate of drug-likeness (QED) is 0.521. The number of para-hydroxylation sites is 1. The van der Waals surface area contributed by atoms with Crippen LogP contribution in [0.25, 0.3) is 11.3 Å². The normalized spacial score (nSPS) is 10.0. The van der Waals surface area contributed by atoms with Crippen molar-refractivity contribution in [1.82, 2.24) is 9.97 Å². The van der Waals surface area contributed by atoms with Gasteiger partial charge in [-0.2, -0.15) is 0 Å². The maximum atomic E-state index is 5.24. The minimum atomic E-state index is 0.524. The van der Waals surface area contributed by atoms with Crippen LogP contribution in [0.3, 0.4) is 0 Å². The van der Waals surface area contributed by atoms with E-state index < -0.39 is 0 Å². The predicted octanol–water partition coefficient (Wildman–Crippen LogP) is 1.37. The van der Waals surface area contributed by atoms with E-state index in [0.717, 1.165) is 17.0 Å². The van der Waals surface area contributed by atoms with Crippen LogP contribution in [-0.2, 0) is 0 Å². The third kappa shape index (κ3) is 1.77. The van der Waals surface area contributed by atoms with Gasteiger partial charge in [0.05, 0.1) is 19.0 Å². The molecule has 4 N–H and O–H groups in total. The molecule has 0 amide bonds. The van der Waals surface area contributed by atoms with Crippen LogP contribution in [0, 0.1) is 0 Å². The molecule has 5 nitrogen and oxygen atoms in total. The van der Waals surface area contributed by atoms with Crippen LogP contribution >= 0.6 is 0 Å². The molecule has 0 fully saturated rings. The first-order valence-electron chi connectivity index (χ1n) is 4.50. The molecule has 0 aliphatic carbocycles. The van der Waals surface area contributed by atoms with E-state index in [2.05, 4.69) is 15.4 Å². The second kappa shape index (κ2) is 4.02. The highest BCUT2D eigenvalue weighted by Gasteiger charge is 2.07. The van der Waals surface area contributed by atoms with Crippen molar-refractivity contribution < 1.29 is 4.74 Å². The summed E-state index contributed by atoms with van der Waals surface area (Å²) in [6.07, 6.45) is 1.70. The third-order valence-electron chi connectivity index (χ3n) is 2.11. The van der Waals surface area contributed by atoms with Gasteiger partial charge in [0.15, 0.2) is 0 Å². The van der Waals surface area contributed by atoms with E-state index in [4.69, 9.17) is 10.6 Å². The maximum absolute atomic E-state index is 5.24. The summed E-state index contributed by atoms with van der Waals surface area (Å²) in [6, 6.07) is 7.70. The average molecular weight is 204 g/mol. The molecule has 0 bridgehead atoms. The number of hydrogen-bond donors (Lipinski definition) is 3. The number of aromatic amines is 1. The van der Waals surface area contributed by atoms with Gasteiger partial charge in [0.25, 0.3) is 0 Å². The van der Waals surface area contributed by atoms with E-state index in [1.54, 1.807) is 13.3 Å². The first-order valence-corrected chi connectivity index (χ1v) is 4.50. The largest absolute Gasteiger partial charge is 0.496 e. The van der Waals surface area contributed by atoms with E-state index in [1.807, 2.05) is 24.3 Å². The Labute approximate surface area is 87.3 Å². The van der Waals surface area contributed by atoms with E-state index in [1.165, 1.54) is 0 Å². The molecule has 5 heteroatoms. The van der Waals surface area contributed by atoms with Gasteiger partial charge in [0, 0.05) is 5.56 Å². The third-order valence-corrected chi connectivity index (χ3v) is 2.11. The molecule has 0 aliphatic heterocycles. The lowest BCUT2D eigenvalue weighted by atomic mass is 10.1. The molecular formula is C10H12N4O. The molecule has 1 aromatic carbocycles.